The van der Waals surface area contributed by atoms with Crippen molar-refractivity contribution in [3.8, 4) is 0 Å². The average molecular weight is 292 g/mol. The van der Waals surface area contributed by atoms with Crippen LogP contribution < -0.4 is 4.90 Å². The van der Waals surface area contributed by atoms with Gasteiger partial charge in [0.25, 0.3) is 0 Å². The Morgan fingerprint density at radius 1 is 1.05 bits per heavy atom. The van der Waals surface area contributed by atoms with Gasteiger partial charge in [0.1, 0.15) is 0 Å². The molecule has 2 aliphatic rings. The van der Waals surface area contributed by atoms with E-state index < -0.39 is 0 Å². The van der Waals surface area contributed by atoms with Gasteiger partial charge in [-0.15, -0.1) is 0 Å². The molecule has 2 heteroatoms. The Hall–Kier alpha value is -1.80. The summed E-state index contributed by atoms with van der Waals surface area (Å²) in [4.78, 5) is 5.24. The van der Waals surface area contributed by atoms with Crippen LogP contribution in [-0.2, 0) is 6.54 Å². The lowest BCUT2D eigenvalue weighted by atomic mass is 9.95. The summed E-state index contributed by atoms with van der Waals surface area (Å²) in [5.41, 5.74) is 8.59. The maximum absolute atomic E-state index is 2.64. The molecule has 2 aliphatic heterocycles. The highest BCUT2D eigenvalue weighted by atomic mass is 15.4. The molecule has 2 aromatic carbocycles. The smallest absolute Gasteiger partial charge is 0.0803 e. The molecule has 4 rings (SSSR count). The third-order valence-electron chi connectivity index (χ3n) is 5.52. The van der Waals surface area contributed by atoms with Gasteiger partial charge >= 0.3 is 0 Å². The molecule has 2 aromatic rings. The maximum atomic E-state index is 2.64. The third-order valence-corrected chi connectivity index (χ3v) is 5.52. The minimum absolute atomic E-state index is 0.456. The van der Waals surface area contributed by atoms with Crippen LogP contribution in [0.4, 0.5) is 5.69 Å². The van der Waals surface area contributed by atoms with Crippen molar-refractivity contribution < 1.29 is 0 Å². The zero-order valence-corrected chi connectivity index (χ0v) is 13.9. The van der Waals surface area contributed by atoms with Gasteiger partial charge in [-0.2, -0.15) is 0 Å². The molecule has 0 aliphatic carbocycles. The molecule has 22 heavy (non-hydrogen) atoms. The van der Waals surface area contributed by atoms with Gasteiger partial charge in [0.05, 0.1) is 12.2 Å². The Balaban J connectivity index is 1.87. The molecule has 2 bridgehead atoms. The SMILES string of the molecule is Cc1cc(C)c(C)c(N2C3CN(Cc4ccccc43)C2C)c1. The van der Waals surface area contributed by atoms with Gasteiger partial charge in [0.2, 0.25) is 0 Å². The summed E-state index contributed by atoms with van der Waals surface area (Å²) in [6, 6.07) is 14.1. The van der Waals surface area contributed by atoms with E-state index in [0.717, 1.165) is 13.1 Å². The molecule has 0 amide bonds. The topological polar surface area (TPSA) is 6.48 Å². The normalized spacial score (nSPS) is 26.2. The van der Waals surface area contributed by atoms with Gasteiger partial charge in [-0.1, -0.05) is 30.3 Å². The van der Waals surface area contributed by atoms with Gasteiger partial charge in [-0.05, 0) is 61.6 Å². The highest BCUT2D eigenvalue weighted by Crippen LogP contribution is 2.44. The Morgan fingerprint density at radius 3 is 2.64 bits per heavy atom. The lowest BCUT2D eigenvalue weighted by Gasteiger charge is -2.32. The van der Waals surface area contributed by atoms with Gasteiger partial charge in [-0.3, -0.25) is 4.90 Å². The zero-order valence-electron chi connectivity index (χ0n) is 13.9. The van der Waals surface area contributed by atoms with Crippen LogP contribution in [-0.4, -0.2) is 17.6 Å². The first-order valence-corrected chi connectivity index (χ1v) is 8.24. The molecule has 1 fully saturated rings. The molecule has 0 N–H and O–H groups in total. The molecular weight excluding hydrogens is 268 g/mol. The summed E-state index contributed by atoms with van der Waals surface area (Å²) >= 11 is 0. The number of anilines is 1. The Kier molecular flexibility index (Phi) is 3.05. The number of hydrogen-bond acceptors (Lipinski definition) is 2. The largest absolute Gasteiger partial charge is 0.347 e. The summed E-state index contributed by atoms with van der Waals surface area (Å²) in [5.74, 6) is 0. The van der Waals surface area contributed by atoms with Crippen LogP contribution in [0.25, 0.3) is 0 Å². The second-order valence-electron chi connectivity index (χ2n) is 6.91. The first kappa shape index (κ1) is 13.8. The fraction of sp³-hybridized carbons (Fsp3) is 0.400. The van der Waals surface area contributed by atoms with E-state index in [2.05, 4.69) is 73.9 Å². The molecule has 0 saturated carbocycles. The van der Waals surface area contributed by atoms with Crippen LogP contribution in [0, 0.1) is 20.8 Å². The highest BCUT2D eigenvalue weighted by Gasteiger charge is 2.42. The van der Waals surface area contributed by atoms with Gasteiger partial charge in [0.15, 0.2) is 0 Å². The highest BCUT2D eigenvalue weighted by molar-refractivity contribution is 5.61. The van der Waals surface area contributed by atoms with Crippen LogP contribution in [0.5, 0.6) is 0 Å². The molecule has 3 unspecified atom stereocenters. The number of fused-ring (bicyclic) bond motifs is 4. The molecule has 2 nitrogen and oxygen atoms in total. The van der Waals surface area contributed by atoms with Crippen molar-refractivity contribution in [3.05, 3.63) is 64.2 Å². The van der Waals surface area contributed by atoms with E-state index in [9.17, 15) is 0 Å². The molecule has 1 saturated heterocycles. The fourth-order valence-electron chi connectivity index (χ4n) is 4.22. The van der Waals surface area contributed by atoms with E-state index in [1.807, 2.05) is 0 Å². The second kappa shape index (κ2) is 4.85. The molecule has 0 spiro atoms. The summed E-state index contributed by atoms with van der Waals surface area (Å²) < 4.78 is 0. The lowest BCUT2D eigenvalue weighted by Crippen LogP contribution is -2.35. The van der Waals surface area contributed by atoms with Crippen LogP contribution in [0.2, 0.25) is 0 Å². The average Bonchev–Trinajstić information content (AvgIpc) is 2.76. The van der Waals surface area contributed by atoms with Crippen LogP contribution in [0.3, 0.4) is 0 Å². The first-order chi connectivity index (χ1) is 10.6. The standard InChI is InChI=1S/C20H24N2/c1-13-9-14(2)15(3)19(10-13)22-16(4)21-11-17-7-5-6-8-18(17)20(22)12-21/h5-10,16,20H,11-12H2,1-4H3. The summed E-state index contributed by atoms with van der Waals surface area (Å²) in [5, 5.41) is 0. The van der Waals surface area contributed by atoms with Crippen molar-refractivity contribution in [2.75, 3.05) is 11.4 Å². The van der Waals surface area contributed by atoms with E-state index in [4.69, 9.17) is 0 Å². The van der Waals surface area contributed by atoms with Crippen molar-refractivity contribution in [1.82, 2.24) is 4.90 Å². The zero-order chi connectivity index (χ0) is 15.4. The molecule has 3 atom stereocenters. The van der Waals surface area contributed by atoms with Crippen molar-refractivity contribution in [2.24, 2.45) is 0 Å². The molecule has 2 heterocycles. The Bertz CT molecular complexity index is 734. The molecule has 0 aromatic heterocycles. The molecular formula is C20H24N2. The minimum atomic E-state index is 0.456. The summed E-state index contributed by atoms with van der Waals surface area (Å²) in [6.07, 6.45) is 0.456. The lowest BCUT2D eigenvalue weighted by molar-refractivity contribution is 0.252. The summed E-state index contributed by atoms with van der Waals surface area (Å²) in [6.45, 7) is 11.3. The molecule has 114 valence electrons. The number of nitrogens with zero attached hydrogens (tertiary/aromatic N) is 2. The van der Waals surface area contributed by atoms with E-state index in [1.54, 1.807) is 0 Å². The number of aryl methyl sites for hydroxylation is 2. The van der Waals surface area contributed by atoms with E-state index in [1.165, 1.54) is 33.5 Å². The Labute approximate surface area is 133 Å². The van der Waals surface area contributed by atoms with Crippen LogP contribution >= 0.6 is 0 Å². The number of hydrogen-bond donors (Lipinski definition) is 0. The van der Waals surface area contributed by atoms with Crippen molar-refractivity contribution >= 4 is 5.69 Å². The summed E-state index contributed by atoms with van der Waals surface area (Å²) in [7, 11) is 0. The number of rotatable bonds is 1. The fourth-order valence-corrected chi connectivity index (χ4v) is 4.22. The van der Waals surface area contributed by atoms with E-state index >= 15 is 0 Å². The number of benzene rings is 2. The Morgan fingerprint density at radius 2 is 1.82 bits per heavy atom. The van der Waals surface area contributed by atoms with Gasteiger partial charge < -0.3 is 4.90 Å². The van der Waals surface area contributed by atoms with E-state index in [0.29, 0.717) is 12.2 Å². The third kappa shape index (κ3) is 1.90. The predicted molar refractivity (Wildman–Crippen MR) is 92.2 cm³/mol. The van der Waals surface area contributed by atoms with Crippen molar-refractivity contribution in [1.29, 1.82) is 0 Å². The van der Waals surface area contributed by atoms with Crippen LogP contribution in [0.15, 0.2) is 36.4 Å². The minimum Gasteiger partial charge on any atom is -0.347 e. The molecule has 0 radical (unpaired) electrons. The van der Waals surface area contributed by atoms with Crippen LogP contribution in [0.1, 0.15) is 40.8 Å². The first-order valence-electron chi connectivity index (χ1n) is 8.24. The van der Waals surface area contributed by atoms with Gasteiger partial charge in [-0.25, -0.2) is 0 Å². The maximum Gasteiger partial charge on any atom is 0.0803 e. The quantitative estimate of drug-likeness (QED) is 0.771. The van der Waals surface area contributed by atoms with Crippen molar-refractivity contribution in [2.45, 2.75) is 46.4 Å². The second-order valence-corrected chi connectivity index (χ2v) is 6.91. The predicted octanol–water partition coefficient (Wildman–Crippen LogP) is 4.33. The van der Waals surface area contributed by atoms with Gasteiger partial charge in [0, 0.05) is 18.8 Å². The van der Waals surface area contributed by atoms with E-state index in [-0.39, 0.29) is 0 Å². The monoisotopic (exact) mass is 292 g/mol. The van der Waals surface area contributed by atoms with Crippen molar-refractivity contribution in [3.63, 3.8) is 0 Å².